The summed E-state index contributed by atoms with van der Waals surface area (Å²) in [6, 6.07) is 14.4. The van der Waals surface area contributed by atoms with Crippen molar-refractivity contribution in [2.45, 2.75) is 13.5 Å². The largest absolute Gasteiger partial charge is 0.493 e. The minimum absolute atomic E-state index is 0.0199. The summed E-state index contributed by atoms with van der Waals surface area (Å²) in [5.41, 5.74) is 1.80. The molecule has 22 heavy (non-hydrogen) atoms. The van der Waals surface area contributed by atoms with E-state index in [9.17, 15) is 4.79 Å². The van der Waals surface area contributed by atoms with Crippen LogP contribution >= 0.6 is 0 Å². The van der Waals surface area contributed by atoms with Crippen molar-refractivity contribution < 1.29 is 18.7 Å². The Bertz CT molecular complexity index is 761. The van der Waals surface area contributed by atoms with Crippen molar-refractivity contribution in [2.24, 2.45) is 0 Å². The number of carbonyl (C=O) groups is 1. The van der Waals surface area contributed by atoms with Crippen LogP contribution in [0.5, 0.6) is 5.75 Å². The van der Waals surface area contributed by atoms with E-state index in [0.717, 1.165) is 5.52 Å². The van der Waals surface area contributed by atoms with Gasteiger partial charge in [0.05, 0.1) is 6.61 Å². The van der Waals surface area contributed by atoms with Crippen molar-refractivity contribution in [2.75, 3.05) is 6.61 Å². The molecular formula is C17H15NO4. The fraction of sp³-hybridized carbons (Fsp3) is 0.176. The molecule has 0 aliphatic heterocycles. The molecule has 3 rings (SSSR count). The quantitative estimate of drug-likeness (QED) is 0.673. The van der Waals surface area contributed by atoms with Crippen molar-refractivity contribution in [1.29, 1.82) is 0 Å². The van der Waals surface area contributed by atoms with Gasteiger partial charge in [0.25, 0.3) is 0 Å². The number of benzene rings is 2. The van der Waals surface area contributed by atoms with Gasteiger partial charge >= 0.3 is 5.97 Å². The van der Waals surface area contributed by atoms with E-state index in [4.69, 9.17) is 13.9 Å². The van der Waals surface area contributed by atoms with E-state index in [1.165, 1.54) is 0 Å². The van der Waals surface area contributed by atoms with Gasteiger partial charge in [-0.1, -0.05) is 24.3 Å². The lowest BCUT2D eigenvalue weighted by atomic mass is 10.2. The molecule has 0 aliphatic rings. The number of fused-ring (bicyclic) bond motifs is 1. The second kappa shape index (κ2) is 6.30. The molecule has 112 valence electrons. The van der Waals surface area contributed by atoms with Gasteiger partial charge in [-0.25, -0.2) is 9.78 Å². The fourth-order valence-corrected chi connectivity index (χ4v) is 2.10. The first-order valence-electron chi connectivity index (χ1n) is 7.01. The lowest BCUT2D eigenvalue weighted by Crippen LogP contribution is -2.08. The van der Waals surface area contributed by atoms with Gasteiger partial charge in [-0.15, -0.1) is 0 Å². The molecule has 0 N–H and O–H groups in total. The average molecular weight is 297 g/mol. The summed E-state index contributed by atoms with van der Waals surface area (Å²) < 4.78 is 16.2. The van der Waals surface area contributed by atoms with E-state index in [-0.39, 0.29) is 6.61 Å². The Morgan fingerprint density at radius 3 is 2.73 bits per heavy atom. The van der Waals surface area contributed by atoms with Gasteiger partial charge in [0.2, 0.25) is 5.89 Å². The Morgan fingerprint density at radius 2 is 1.91 bits per heavy atom. The van der Waals surface area contributed by atoms with Gasteiger partial charge in [0.1, 0.15) is 16.8 Å². The standard InChI is InChI=1S/C17H15NO4/c1-2-20-14-9-5-3-7-12(14)17(19)21-11-16-18-13-8-4-6-10-15(13)22-16/h3-10H,2,11H2,1H3. The first-order chi connectivity index (χ1) is 10.8. The predicted molar refractivity (Wildman–Crippen MR) is 80.7 cm³/mol. The summed E-state index contributed by atoms with van der Waals surface area (Å²) in [4.78, 5) is 16.4. The first-order valence-corrected chi connectivity index (χ1v) is 7.01. The molecule has 0 saturated heterocycles. The van der Waals surface area contributed by atoms with E-state index in [2.05, 4.69) is 4.98 Å². The summed E-state index contributed by atoms with van der Waals surface area (Å²) in [7, 11) is 0. The van der Waals surface area contributed by atoms with E-state index < -0.39 is 5.97 Å². The maximum Gasteiger partial charge on any atom is 0.342 e. The Hall–Kier alpha value is -2.82. The van der Waals surface area contributed by atoms with Crippen LogP contribution in [0.2, 0.25) is 0 Å². The van der Waals surface area contributed by atoms with Crippen LogP contribution < -0.4 is 4.74 Å². The Balaban J connectivity index is 1.72. The van der Waals surface area contributed by atoms with Crippen LogP contribution in [0.3, 0.4) is 0 Å². The second-order valence-corrected chi connectivity index (χ2v) is 4.58. The van der Waals surface area contributed by atoms with Crippen LogP contribution in [0.25, 0.3) is 11.1 Å². The van der Waals surface area contributed by atoms with Crippen LogP contribution in [0.1, 0.15) is 23.2 Å². The van der Waals surface area contributed by atoms with Crippen LogP contribution in [0.15, 0.2) is 52.9 Å². The molecule has 3 aromatic rings. The predicted octanol–water partition coefficient (Wildman–Crippen LogP) is 3.58. The minimum atomic E-state index is -0.466. The highest BCUT2D eigenvalue weighted by molar-refractivity contribution is 5.92. The number of para-hydroxylation sites is 3. The monoisotopic (exact) mass is 297 g/mol. The highest BCUT2D eigenvalue weighted by atomic mass is 16.5. The zero-order valence-electron chi connectivity index (χ0n) is 12.1. The van der Waals surface area contributed by atoms with Gasteiger partial charge in [0, 0.05) is 0 Å². The van der Waals surface area contributed by atoms with Gasteiger partial charge in [-0.3, -0.25) is 0 Å². The zero-order chi connectivity index (χ0) is 15.4. The highest BCUT2D eigenvalue weighted by Gasteiger charge is 2.15. The average Bonchev–Trinajstić information content (AvgIpc) is 2.96. The smallest absolute Gasteiger partial charge is 0.342 e. The molecule has 5 heteroatoms. The van der Waals surface area contributed by atoms with Crippen molar-refractivity contribution >= 4 is 17.1 Å². The second-order valence-electron chi connectivity index (χ2n) is 4.58. The number of esters is 1. The third-order valence-corrected chi connectivity index (χ3v) is 3.07. The summed E-state index contributed by atoms with van der Waals surface area (Å²) >= 11 is 0. The third kappa shape index (κ3) is 2.93. The van der Waals surface area contributed by atoms with E-state index in [1.807, 2.05) is 37.3 Å². The molecule has 0 radical (unpaired) electrons. The molecular weight excluding hydrogens is 282 g/mol. The van der Waals surface area contributed by atoms with Crippen LogP contribution in [0, 0.1) is 0 Å². The third-order valence-electron chi connectivity index (χ3n) is 3.07. The van der Waals surface area contributed by atoms with Gasteiger partial charge in [0.15, 0.2) is 12.2 Å². The lowest BCUT2D eigenvalue weighted by Gasteiger charge is -2.08. The molecule has 1 aromatic heterocycles. The van der Waals surface area contributed by atoms with Crippen molar-refractivity contribution in [3.05, 3.63) is 60.0 Å². The van der Waals surface area contributed by atoms with Crippen molar-refractivity contribution in [1.82, 2.24) is 4.98 Å². The SMILES string of the molecule is CCOc1ccccc1C(=O)OCc1nc2ccccc2o1. The molecule has 0 saturated carbocycles. The maximum absolute atomic E-state index is 12.2. The van der Waals surface area contributed by atoms with E-state index in [1.54, 1.807) is 18.2 Å². The normalized spacial score (nSPS) is 10.6. The number of hydrogen-bond acceptors (Lipinski definition) is 5. The number of aromatic nitrogens is 1. The number of oxazole rings is 1. The van der Waals surface area contributed by atoms with E-state index in [0.29, 0.717) is 29.4 Å². The molecule has 0 spiro atoms. The number of nitrogens with zero attached hydrogens (tertiary/aromatic N) is 1. The van der Waals surface area contributed by atoms with Crippen LogP contribution in [-0.2, 0) is 11.3 Å². The molecule has 0 fully saturated rings. The molecule has 0 aliphatic carbocycles. The number of rotatable bonds is 5. The van der Waals surface area contributed by atoms with Gasteiger partial charge in [-0.2, -0.15) is 0 Å². The zero-order valence-corrected chi connectivity index (χ0v) is 12.1. The number of carbonyl (C=O) groups excluding carboxylic acids is 1. The summed E-state index contributed by atoms with van der Waals surface area (Å²) in [5, 5.41) is 0. The molecule has 0 bridgehead atoms. The summed E-state index contributed by atoms with van der Waals surface area (Å²) in [5.74, 6) is 0.405. The molecule has 5 nitrogen and oxygen atoms in total. The molecule has 0 unspecified atom stereocenters. The molecule has 0 atom stereocenters. The summed E-state index contributed by atoms with van der Waals surface area (Å²) in [6.07, 6.45) is 0. The number of hydrogen-bond donors (Lipinski definition) is 0. The highest BCUT2D eigenvalue weighted by Crippen LogP contribution is 2.20. The van der Waals surface area contributed by atoms with Gasteiger partial charge < -0.3 is 13.9 Å². The Morgan fingerprint density at radius 1 is 1.14 bits per heavy atom. The maximum atomic E-state index is 12.2. The lowest BCUT2D eigenvalue weighted by molar-refractivity contribution is 0.0436. The van der Waals surface area contributed by atoms with Crippen LogP contribution in [-0.4, -0.2) is 17.6 Å². The van der Waals surface area contributed by atoms with Crippen molar-refractivity contribution in [3.8, 4) is 5.75 Å². The van der Waals surface area contributed by atoms with Gasteiger partial charge in [-0.05, 0) is 31.2 Å². The minimum Gasteiger partial charge on any atom is -0.493 e. The Kier molecular flexibility index (Phi) is 4.05. The summed E-state index contributed by atoms with van der Waals surface area (Å²) in [6.45, 7) is 2.32. The first kappa shape index (κ1) is 14.1. The van der Waals surface area contributed by atoms with Crippen LogP contribution in [0.4, 0.5) is 0 Å². The van der Waals surface area contributed by atoms with E-state index >= 15 is 0 Å². The molecule has 1 heterocycles. The topological polar surface area (TPSA) is 61.6 Å². The van der Waals surface area contributed by atoms with Crippen molar-refractivity contribution in [3.63, 3.8) is 0 Å². The Labute approximate surface area is 127 Å². The fourth-order valence-electron chi connectivity index (χ4n) is 2.10. The number of ether oxygens (including phenoxy) is 2. The molecule has 0 amide bonds. The molecule has 2 aromatic carbocycles.